The van der Waals surface area contributed by atoms with Crippen LogP contribution in [0.15, 0.2) is 425 Å². The number of aryl methyl sites for hydroxylation is 4. The van der Waals surface area contributed by atoms with E-state index in [9.17, 15) is 0 Å². The van der Waals surface area contributed by atoms with Crippen molar-refractivity contribution in [3.05, 3.63) is 536 Å². The normalized spacial score (nSPS) is 17.5. The van der Waals surface area contributed by atoms with Gasteiger partial charge in [0.2, 0.25) is 0 Å². The van der Waals surface area contributed by atoms with Crippen molar-refractivity contribution in [1.82, 2.24) is 0 Å². The van der Waals surface area contributed by atoms with Gasteiger partial charge in [-0.2, -0.15) is 0 Å². The van der Waals surface area contributed by atoms with Gasteiger partial charge in [0.25, 0.3) is 0 Å². The first kappa shape index (κ1) is 70.7. The maximum atomic E-state index is 2.44. The van der Waals surface area contributed by atoms with Crippen LogP contribution < -0.4 is 0 Å². The maximum Gasteiger partial charge on any atom is 0.0731 e. The molecule has 0 aliphatic heterocycles. The van der Waals surface area contributed by atoms with Crippen molar-refractivity contribution in [2.24, 2.45) is 0 Å². The predicted molar refractivity (Wildman–Crippen MR) is 517 cm³/mol. The highest BCUT2D eigenvalue weighted by Gasteiger charge is 2.57. The molecule has 8 aliphatic rings. The van der Waals surface area contributed by atoms with Crippen molar-refractivity contribution >= 4 is 53.9 Å². The summed E-state index contributed by atoms with van der Waals surface area (Å²) in [4.78, 5) is 0. The molecule has 124 heavy (non-hydrogen) atoms. The molecule has 4 unspecified atom stereocenters. The fourth-order valence-electron chi connectivity index (χ4n) is 25.3. The first-order chi connectivity index (χ1) is 61.2. The van der Waals surface area contributed by atoms with Crippen LogP contribution in [0.4, 0.5) is 0 Å². The summed E-state index contributed by atoms with van der Waals surface area (Å²) in [5.74, 6) is 0. The van der Waals surface area contributed by atoms with E-state index < -0.39 is 0 Å². The largest absolute Gasteiger partial charge is 0.0731 e. The minimum atomic E-state index is -0.312. The third kappa shape index (κ3) is 9.01. The smallest absolute Gasteiger partial charge is 0.0619 e. The van der Waals surface area contributed by atoms with E-state index in [1.807, 2.05) is 0 Å². The van der Waals surface area contributed by atoms with Gasteiger partial charge in [-0.15, -0.1) is 0 Å². The molecule has 4 atom stereocenters. The van der Waals surface area contributed by atoms with Gasteiger partial charge in [-0.1, -0.05) is 418 Å². The Balaban J connectivity index is 0.0000000885. The number of rotatable bonds is 0. The van der Waals surface area contributed by atoms with Gasteiger partial charge >= 0.3 is 0 Å². The lowest BCUT2D eigenvalue weighted by molar-refractivity contribution is 0.794. The zero-order valence-electron chi connectivity index (χ0n) is 69.4. The van der Waals surface area contributed by atoms with Crippen LogP contribution >= 0.6 is 0 Å². The Morgan fingerprint density at radius 2 is 0.435 bits per heavy atom. The van der Waals surface area contributed by atoms with Gasteiger partial charge < -0.3 is 0 Å². The third-order valence-electron chi connectivity index (χ3n) is 29.7. The SMILES string of the molecule is Cc1ccc2c(c1)-c1ccccc1C21c2ccccc2-c2cc3ccccc3cc21.Cc1cccc2c1-c1ccccc1C21c2ccccc2-c2c1c1ccccc1c1ccccc21.Cc1cccc2c1-c1ccccc1C21c2ccccc2-c2c1ccc1ccccc21.Cc1cccc2c1-c1ccccc1C21c2ccccc2-c2ccc3ccccc3c21. The summed E-state index contributed by atoms with van der Waals surface area (Å²) in [5, 5.41) is 13.3. The van der Waals surface area contributed by atoms with Crippen molar-refractivity contribution in [3.63, 3.8) is 0 Å². The monoisotopic (exact) mass is 1570 g/mol. The Morgan fingerprint density at radius 1 is 0.137 bits per heavy atom. The van der Waals surface area contributed by atoms with Crippen molar-refractivity contribution in [2.75, 3.05) is 0 Å². The van der Waals surface area contributed by atoms with E-state index in [0.29, 0.717) is 0 Å². The van der Waals surface area contributed by atoms with E-state index in [2.05, 4.69) is 452 Å². The standard InChI is InChI=1S/C34H22.3C30H20/c1-21-11-10-20-30-31(21)26-16-6-8-18-28(26)34(30)29-19-9-7-17-27(29)32-24-14-4-2-12-22(24)23-13-3-5-15-25(23)33(32)34;1-19-9-8-16-27-28(19)24-13-5-7-15-26(24)30(27)25-14-6-4-12-22(25)23-18-17-20-10-2-3-11-21(20)29(23)30;1-19-9-8-16-26-28(19)22-12-4-6-14-24(22)30(26)25-15-7-5-13-23(25)29-21-11-3-2-10-20(21)17-18-27(29)30;1-19-14-15-28-24(16-19)22-10-4-6-12-26(22)30(28)27-13-7-5-11-23(27)25-17-20-8-2-3-9-21(20)18-29(25)30/h2-20H,1H3;3*2-18H,1H3. The highest BCUT2D eigenvalue weighted by molar-refractivity contribution is 6.20. The molecule has 21 aromatic carbocycles. The molecule has 0 radical (unpaired) electrons. The molecule has 0 amide bonds. The molecule has 0 aromatic heterocycles. The molecule has 0 bridgehead atoms. The quantitative estimate of drug-likeness (QED) is 0.133. The highest BCUT2D eigenvalue weighted by atomic mass is 14.6. The number of hydrogen-bond donors (Lipinski definition) is 0. The van der Waals surface area contributed by atoms with Gasteiger partial charge in [0.1, 0.15) is 0 Å². The zero-order valence-corrected chi connectivity index (χ0v) is 69.4. The van der Waals surface area contributed by atoms with Crippen LogP contribution in [-0.4, -0.2) is 0 Å². The second-order valence-electron chi connectivity index (χ2n) is 35.4. The molecule has 0 saturated carbocycles. The number of hydrogen-bond acceptors (Lipinski definition) is 0. The molecule has 21 aromatic rings. The van der Waals surface area contributed by atoms with E-state index in [1.165, 1.54) is 254 Å². The Bertz CT molecular complexity index is 8260. The summed E-state index contributed by atoms with van der Waals surface area (Å²) in [6.45, 7) is 8.95. The van der Waals surface area contributed by atoms with E-state index in [-0.39, 0.29) is 21.7 Å². The molecular weight excluding hydrogens is 1490 g/mol. The topological polar surface area (TPSA) is 0 Å². The number of fused-ring (bicyclic) bond motifs is 50. The Morgan fingerprint density at radius 3 is 0.952 bits per heavy atom. The summed E-state index contributed by atoms with van der Waals surface area (Å²) in [6.07, 6.45) is 0. The van der Waals surface area contributed by atoms with Gasteiger partial charge in [0, 0.05) is 0 Å². The molecule has 0 fully saturated rings. The fraction of sp³-hybridized carbons (Fsp3) is 0.0645. The summed E-state index contributed by atoms with van der Waals surface area (Å²) < 4.78 is 0. The maximum absolute atomic E-state index is 2.44. The van der Waals surface area contributed by atoms with Crippen LogP contribution in [-0.2, 0) is 21.7 Å². The predicted octanol–water partition coefficient (Wildman–Crippen LogP) is 31.1. The Labute approximate surface area is 723 Å². The third-order valence-corrected chi connectivity index (χ3v) is 29.7. The second kappa shape index (κ2) is 26.2. The molecule has 8 aliphatic carbocycles. The number of benzene rings is 21. The minimum absolute atomic E-state index is 0.240. The van der Waals surface area contributed by atoms with Gasteiger partial charge in [-0.3, -0.25) is 0 Å². The van der Waals surface area contributed by atoms with Crippen LogP contribution in [0.3, 0.4) is 0 Å². The fourth-order valence-corrected chi connectivity index (χ4v) is 25.3. The van der Waals surface area contributed by atoms with E-state index in [0.717, 1.165) is 0 Å². The molecule has 0 heteroatoms. The van der Waals surface area contributed by atoms with Gasteiger partial charge in [-0.05, 0) is 288 Å². The molecule has 0 saturated heterocycles. The molecular formula is C124H82. The van der Waals surface area contributed by atoms with E-state index in [4.69, 9.17) is 0 Å². The lowest BCUT2D eigenvalue weighted by Crippen LogP contribution is -2.26. The van der Waals surface area contributed by atoms with E-state index in [1.54, 1.807) is 0 Å². The average Bonchev–Trinajstić information content (AvgIpc) is 1.48. The zero-order chi connectivity index (χ0) is 82.1. The molecule has 578 valence electrons. The summed E-state index contributed by atoms with van der Waals surface area (Å²) in [7, 11) is 0. The van der Waals surface area contributed by atoms with Crippen molar-refractivity contribution < 1.29 is 0 Å². The second-order valence-corrected chi connectivity index (χ2v) is 35.4. The van der Waals surface area contributed by atoms with Crippen molar-refractivity contribution in [2.45, 2.75) is 49.4 Å². The molecule has 4 spiro atoms. The highest BCUT2D eigenvalue weighted by Crippen LogP contribution is 2.70. The summed E-state index contributed by atoms with van der Waals surface area (Å²) in [6, 6.07) is 158. The van der Waals surface area contributed by atoms with Crippen LogP contribution in [0.2, 0.25) is 0 Å². The van der Waals surface area contributed by atoms with E-state index >= 15 is 0 Å². The van der Waals surface area contributed by atoms with Crippen LogP contribution in [0.5, 0.6) is 0 Å². The van der Waals surface area contributed by atoms with Crippen LogP contribution in [0.1, 0.15) is 111 Å². The first-order valence-electron chi connectivity index (χ1n) is 44.0. The Hall–Kier alpha value is -15.1. The molecule has 0 nitrogen and oxygen atoms in total. The van der Waals surface area contributed by atoms with Crippen LogP contribution in [0, 0.1) is 27.7 Å². The lowest BCUT2D eigenvalue weighted by Gasteiger charge is -2.31. The van der Waals surface area contributed by atoms with Crippen LogP contribution in [0.25, 0.3) is 143 Å². The van der Waals surface area contributed by atoms with Gasteiger partial charge in [0.05, 0.1) is 21.7 Å². The summed E-state index contributed by atoms with van der Waals surface area (Å²) >= 11 is 0. The minimum Gasteiger partial charge on any atom is -0.0619 e. The van der Waals surface area contributed by atoms with Crippen molar-refractivity contribution in [3.8, 4) is 89.0 Å². The first-order valence-corrected chi connectivity index (χ1v) is 44.0. The molecule has 29 rings (SSSR count). The summed E-state index contributed by atoms with van der Waals surface area (Å²) in [5.41, 5.74) is 49.0. The molecule has 0 heterocycles. The van der Waals surface area contributed by atoms with Gasteiger partial charge in [0.15, 0.2) is 0 Å². The molecule has 0 N–H and O–H groups in total. The van der Waals surface area contributed by atoms with Gasteiger partial charge in [-0.25, -0.2) is 0 Å². The van der Waals surface area contributed by atoms with Crippen molar-refractivity contribution in [1.29, 1.82) is 0 Å². The lowest BCUT2D eigenvalue weighted by atomic mass is 9.69. The Kier molecular flexibility index (Phi) is 15.0. The average molecular weight is 1570 g/mol.